The van der Waals surface area contributed by atoms with E-state index in [2.05, 4.69) is 4.74 Å². The van der Waals surface area contributed by atoms with Gasteiger partial charge in [-0.1, -0.05) is 0 Å². The van der Waals surface area contributed by atoms with Crippen LogP contribution in [0.2, 0.25) is 0 Å². The number of alkyl halides is 3. The Bertz CT molecular complexity index is 281. The summed E-state index contributed by atoms with van der Waals surface area (Å²) < 4.78 is 39.5. The van der Waals surface area contributed by atoms with Crippen LogP contribution in [0.1, 0.15) is 19.3 Å². The number of likely N-dealkylation sites (tertiary alicyclic amines) is 1. The van der Waals surface area contributed by atoms with Gasteiger partial charge >= 0.3 is 6.18 Å². The highest BCUT2D eigenvalue weighted by Crippen LogP contribution is 2.14. The molecule has 0 aromatic rings. The molecule has 0 aromatic heterocycles. The lowest BCUT2D eigenvalue weighted by Gasteiger charge is -2.26. The number of nitrogens with zero attached hydrogens (tertiary/aromatic N) is 1. The summed E-state index contributed by atoms with van der Waals surface area (Å²) in [7, 11) is 0. The molecule has 4 nitrogen and oxygen atoms in total. The van der Waals surface area contributed by atoms with Gasteiger partial charge in [-0.3, -0.25) is 9.59 Å². The van der Waals surface area contributed by atoms with Gasteiger partial charge < -0.3 is 9.64 Å². The zero-order valence-corrected chi connectivity index (χ0v) is 9.26. The first-order chi connectivity index (χ1) is 7.88. The minimum absolute atomic E-state index is 0.0791. The lowest BCUT2D eigenvalue weighted by atomic mass is 10.1. The molecule has 98 valence electrons. The van der Waals surface area contributed by atoms with Crippen molar-refractivity contribution in [2.24, 2.45) is 0 Å². The third-order valence-electron chi connectivity index (χ3n) is 2.40. The molecule has 1 aliphatic heterocycles. The largest absolute Gasteiger partial charge is 0.411 e. The van der Waals surface area contributed by atoms with Gasteiger partial charge in [0.1, 0.15) is 12.4 Å². The summed E-state index contributed by atoms with van der Waals surface area (Å²) in [4.78, 5) is 23.9. The van der Waals surface area contributed by atoms with E-state index < -0.39 is 12.8 Å². The fourth-order valence-electron chi connectivity index (χ4n) is 1.51. The normalized spacial score (nSPS) is 17.4. The molecule has 0 aliphatic carbocycles. The number of halogens is 3. The van der Waals surface area contributed by atoms with Gasteiger partial charge in [-0.2, -0.15) is 13.2 Å². The minimum Gasteiger partial charge on any atom is -0.372 e. The van der Waals surface area contributed by atoms with Crippen molar-refractivity contribution < 1.29 is 27.5 Å². The van der Waals surface area contributed by atoms with Crippen LogP contribution >= 0.6 is 0 Å². The Labute approximate surface area is 96.7 Å². The number of ether oxygens (including phenoxy) is 1. The number of carbonyl (C=O) groups is 2. The second-order valence-electron chi connectivity index (χ2n) is 3.84. The van der Waals surface area contributed by atoms with Crippen LogP contribution in [0, 0.1) is 0 Å². The average Bonchev–Trinajstić information content (AvgIpc) is 2.24. The molecule has 0 aromatic carbocycles. The second-order valence-corrected chi connectivity index (χ2v) is 3.84. The first kappa shape index (κ1) is 14.0. The SMILES string of the molecule is O=C1CCN(C(=O)CCOCC(F)(F)F)CC1. The first-order valence-corrected chi connectivity index (χ1v) is 5.32. The third-order valence-corrected chi connectivity index (χ3v) is 2.40. The van der Waals surface area contributed by atoms with Gasteiger partial charge in [0.05, 0.1) is 13.0 Å². The molecule has 7 heteroatoms. The van der Waals surface area contributed by atoms with E-state index in [1.54, 1.807) is 0 Å². The van der Waals surface area contributed by atoms with Crippen LogP contribution in [-0.2, 0) is 14.3 Å². The molecule has 1 rings (SSSR count). The Morgan fingerprint density at radius 3 is 2.41 bits per heavy atom. The van der Waals surface area contributed by atoms with E-state index >= 15 is 0 Å². The van der Waals surface area contributed by atoms with Crippen molar-refractivity contribution in [1.82, 2.24) is 4.90 Å². The molecule has 1 amide bonds. The van der Waals surface area contributed by atoms with Crippen molar-refractivity contribution >= 4 is 11.7 Å². The van der Waals surface area contributed by atoms with E-state index in [0.717, 1.165) is 0 Å². The summed E-state index contributed by atoms with van der Waals surface area (Å²) in [6, 6.07) is 0. The predicted octanol–water partition coefficient (Wildman–Crippen LogP) is 1.15. The topological polar surface area (TPSA) is 46.6 Å². The molecule has 0 bridgehead atoms. The van der Waals surface area contributed by atoms with Crippen LogP contribution in [0.3, 0.4) is 0 Å². The van der Waals surface area contributed by atoms with Gasteiger partial charge in [-0.25, -0.2) is 0 Å². The zero-order valence-electron chi connectivity index (χ0n) is 9.26. The molecular weight excluding hydrogens is 239 g/mol. The van der Waals surface area contributed by atoms with Gasteiger partial charge in [0.25, 0.3) is 0 Å². The number of rotatable bonds is 4. The summed E-state index contributed by atoms with van der Waals surface area (Å²) in [5.41, 5.74) is 0. The number of hydrogen-bond donors (Lipinski definition) is 0. The van der Waals surface area contributed by atoms with Gasteiger partial charge in [0.15, 0.2) is 0 Å². The van der Waals surface area contributed by atoms with Crippen LogP contribution in [0.5, 0.6) is 0 Å². The fourth-order valence-corrected chi connectivity index (χ4v) is 1.51. The highest BCUT2D eigenvalue weighted by atomic mass is 19.4. The van der Waals surface area contributed by atoms with Crippen molar-refractivity contribution in [1.29, 1.82) is 0 Å². The van der Waals surface area contributed by atoms with Gasteiger partial charge in [-0.15, -0.1) is 0 Å². The van der Waals surface area contributed by atoms with Crippen LogP contribution in [0.25, 0.3) is 0 Å². The second kappa shape index (κ2) is 6.00. The molecule has 1 aliphatic rings. The standard InChI is InChI=1S/C10H14F3NO3/c11-10(12,13)7-17-6-3-9(16)14-4-1-8(15)2-5-14/h1-7H2. The molecule has 0 saturated carbocycles. The number of ketones is 1. The van der Waals surface area contributed by atoms with Crippen molar-refractivity contribution in [3.8, 4) is 0 Å². The quantitative estimate of drug-likeness (QED) is 0.706. The molecule has 0 N–H and O–H groups in total. The van der Waals surface area contributed by atoms with Gasteiger partial charge in [0, 0.05) is 25.9 Å². The zero-order chi connectivity index (χ0) is 12.9. The first-order valence-electron chi connectivity index (χ1n) is 5.32. The van der Waals surface area contributed by atoms with E-state index in [1.807, 2.05) is 0 Å². The highest BCUT2D eigenvalue weighted by molar-refractivity contribution is 5.83. The maximum Gasteiger partial charge on any atom is 0.411 e. The Balaban J connectivity index is 2.15. The third kappa shape index (κ3) is 5.67. The lowest BCUT2D eigenvalue weighted by Crippen LogP contribution is -2.39. The summed E-state index contributed by atoms with van der Waals surface area (Å²) in [5.74, 6) is -0.151. The molecule has 17 heavy (non-hydrogen) atoms. The van der Waals surface area contributed by atoms with E-state index in [1.165, 1.54) is 4.90 Å². The Hall–Kier alpha value is -1.11. The molecule has 1 fully saturated rings. The van der Waals surface area contributed by atoms with Gasteiger partial charge in [-0.05, 0) is 0 Å². The van der Waals surface area contributed by atoms with E-state index in [4.69, 9.17) is 0 Å². The number of carbonyl (C=O) groups excluding carboxylic acids is 2. The maximum absolute atomic E-state index is 11.7. The van der Waals surface area contributed by atoms with E-state index in [-0.39, 0.29) is 24.7 Å². The van der Waals surface area contributed by atoms with Crippen molar-refractivity contribution in [2.75, 3.05) is 26.3 Å². The molecule has 1 saturated heterocycles. The van der Waals surface area contributed by atoms with Crippen molar-refractivity contribution in [3.63, 3.8) is 0 Å². The summed E-state index contributed by atoms with van der Waals surface area (Å²) in [5, 5.41) is 0. The molecular formula is C10H14F3NO3. The summed E-state index contributed by atoms with van der Waals surface area (Å²) in [6.45, 7) is -0.866. The van der Waals surface area contributed by atoms with E-state index in [0.29, 0.717) is 25.9 Å². The Morgan fingerprint density at radius 2 is 1.88 bits per heavy atom. The van der Waals surface area contributed by atoms with Crippen LogP contribution in [0.4, 0.5) is 13.2 Å². The van der Waals surface area contributed by atoms with Crippen molar-refractivity contribution in [2.45, 2.75) is 25.4 Å². The number of piperidine rings is 1. The minimum atomic E-state index is -4.36. The van der Waals surface area contributed by atoms with Crippen LogP contribution in [-0.4, -0.2) is 49.1 Å². The average molecular weight is 253 g/mol. The molecule has 0 atom stereocenters. The van der Waals surface area contributed by atoms with E-state index in [9.17, 15) is 22.8 Å². The van der Waals surface area contributed by atoms with Crippen LogP contribution in [0.15, 0.2) is 0 Å². The fraction of sp³-hybridized carbons (Fsp3) is 0.800. The lowest BCUT2D eigenvalue weighted by molar-refractivity contribution is -0.175. The van der Waals surface area contributed by atoms with Gasteiger partial charge in [0.2, 0.25) is 5.91 Å². The van der Waals surface area contributed by atoms with Crippen molar-refractivity contribution in [3.05, 3.63) is 0 Å². The Morgan fingerprint density at radius 1 is 1.29 bits per heavy atom. The summed E-state index contributed by atoms with van der Waals surface area (Å²) in [6.07, 6.45) is -3.78. The summed E-state index contributed by atoms with van der Waals surface area (Å²) >= 11 is 0. The number of hydrogen-bond acceptors (Lipinski definition) is 3. The monoisotopic (exact) mass is 253 g/mol. The molecule has 0 radical (unpaired) electrons. The predicted molar refractivity (Wildman–Crippen MR) is 52.3 cm³/mol. The maximum atomic E-state index is 11.7. The molecule has 1 heterocycles. The molecule has 0 spiro atoms. The number of amides is 1. The van der Waals surface area contributed by atoms with Crippen LogP contribution < -0.4 is 0 Å². The number of Topliss-reactive ketones (excluding diaryl/α,β-unsaturated/α-hetero) is 1. The molecule has 0 unspecified atom stereocenters. The Kier molecular flexibility index (Phi) is 4.92. The smallest absolute Gasteiger partial charge is 0.372 e. The highest BCUT2D eigenvalue weighted by Gasteiger charge is 2.27.